The van der Waals surface area contributed by atoms with Crippen LogP contribution in [0.5, 0.6) is 0 Å². The van der Waals surface area contributed by atoms with E-state index in [9.17, 15) is 0 Å². The smallest absolute Gasteiger partial charge is 0.00540 e. The first-order chi connectivity index (χ1) is 3.38. The third-order valence-corrected chi connectivity index (χ3v) is 1.29. The van der Waals surface area contributed by atoms with Crippen molar-refractivity contribution >= 4 is 0 Å². The largest absolute Gasteiger partial charge is 0.115 e. The Labute approximate surface area is 44.2 Å². The highest BCUT2D eigenvalue weighted by Crippen LogP contribution is 2.31. The predicted octanol–water partition coefficient (Wildman–Crippen LogP) is 1.73. The van der Waals surface area contributed by atoms with Crippen molar-refractivity contribution in [1.82, 2.24) is 0 Å². The lowest BCUT2D eigenvalue weighted by molar-refractivity contribution is 1.15. The number of allylic oxidation sites excluding steroid dienone is 2. The molecule has 0 aromatic carbocycles. The van der Waals surface area contributed by atoms with Crippen LogP contribution in [-0.4, -0.2) is 0 Å². The van der Waals surface area contributed by atoms with Gasteiger partial charge in [-0.15, -0.1) is 6.42 Å². The van der Waals surface area contributed by atoms with Crippen LogP contribution in [0, 0.1) is 12.3 Å². The van der Waals surface area contributed by atoms with Gasteiger partial charge in [0.25, 0.3) is 0 Å². The van der Waals surface area contributed by atoms with Crippen LogP contribution >= 0.6 is 0 Å². The van der Waals surface area contributed by atoms with E-state index < -0.39 is 0 Å². The number of terminal acetylenes is 1. The summed E-state index contributed by atoms with van der Waals surface area (Å²) in [7, 11) is 0. The van der Waals surface area contributed by atoms with Crippen molar-refractivity contribution in [2.24, 2.45) is 0 Å². The van der Waals surface area contributed by atoms with E-state index in [0.29, 0.717) is 0 Å². The van der Waals surface area contributed by atoms with Crippen molar-refractivity contribution in [2.45, 2.75) is 19.8 Å². The minimum atomic E-state index is 1.12. The molecule has 0 bridgehead atoms. The summed E-state index contributed by atoms with van der Waals surface area (Å²) in [5.74, 6) is 2.62. The zero-order chi connectivity index (χ0) is 5.28. The SMILES string of the molecule is C#CC1=C(CC)C1. The van der Waals surface area contributed by atoms with Gasteiger partial charge in [-0.2, -0.15) is 0 Å². The summed E-state index contributed by atoms with van der Waals surface area (Å²) in [6, 6.07) is 0. The average molecular weight is 92.1 g/mol. The van der Waals surface area contributed by atoms with Gasteiger partial charge in [-0.1, -0.05) is 18.4 Å². The zero-order valence-corrected chi connectivity index (χ0v) is 4.49. The normalized spacial score (nSPS) is 16.6. The van der Waals surface area contributed by atoms with Crippen molar-refractivity contribution in [1.29, 1.82) is 0 Å². The van der Waals surface area contributed by atoms with Crippen molar-refractivity contribution in [3.8, 4) is 12.3 Å². The van der Waals surface area contributed by atoms with Crippen LogP contribution in [0.3, 0.4) is 0 Å². The van der Waals surface area contributed by atoms with Crippen molar-refractivity contribution in [3.63, 3.8) is 0 Å². The monoisotopic (exact) mass is 92.1 g/mol. The average Bonchev–Trinajstić information content (AvgIpc) is 2.43. The summed E-state index contributed by atoms with van der Waals surface area (Å²) >= 11 is 0. The molecule has 0 radical (unpaired) electrons. The molecule has 0 saturated heterocycles. The molecule has 0 heterocycles. The Morgan fingerprint density at radius 1 is 1.86 bits per heavy atom. The second-order valence-electron chi connectivity index (χ2n) is 1.76. The number of rotatable bonds is 1. The van der Waals surface area contributed by atoms with Gasteiger partial charge < -0.3 is 0 Å². The first-order valence-electron chi connectivity index (χ1n) is 2.56. The number of hydrogen-bond acceptors (Lipinski definition) is 0. The molecule has 1 aliphatic carbocycles. The topological polar surface area (TPSA) is 0 Å². The quantitative estimate of drug-likeness (QED) is 0.432. The molecule has 0 amide bonds. The summed E-state index contributed by atoms with van der Waals surface area (Å²) in [5, 5.41) is 0. The van der Waals surface area contributed by atoms with Crippen LogP contribution in [0.25, 0.3) is 0 Å². The Balaban J connectivity index is 2.52. The molecule has 0 aliphatic heterocycles. The van der Waals surface area contributed by atoms with E-state index in [-0.39, 0.29) is 0 Å². The van der Waals surface area contributed by atoms with Crippen LogP contribution in [0.4, 0.5) is 0 Å². The second kappa shape index (κ2) is 1.42. The fraction of sp³-hybridized carbons (Fsp3) is 0.429. The second-order valence-corrected chi connectivity index (χ2v) is 1.76. The van der Waals surface area contributed by atoms with Crippen molar-refractivity contribution < 1.29 is 0 Å². The summed E-state index contributed by atoms with van der Waals surface area (Å²) in [6.07, 6.45) is 7.36. The lowest BCUT2D eigenvalue weighted by Crippen LogP contribution is -1.48. The van der Waals surface area contributed by atoms with Gasteiger partial charge in [0.05, 0.1) is 0 Å². The summed E-state index contributed by atoms with van der Waals surface area (Å²) in [4.78, 5) is 0. The van der Waals surface area contributed by atoms with Gasteiger partial charge in [-0.05, 0) is 6.42 Å². The molecule has 0 unspecified atom stereocenters. The van der Waals surface area contributed by atoms with Gasteiger partial charge in [-0.3, -0.25) is 0 Å². The molecule has 0 atom stereocenters. The van der Waals surface area contributed by atoms with E-state index in [1.807, 2.05) is 0 Å². The molecule has 1 rings (SSSR count). The molecule has 0 heteroatoms. The summed E-state index contributed by atoms with van der Waals surface area (Å²) in [6.45, 7) is 2.14. The Kier molecular flexibility index (Phi) is 0.906. The molecule has 1 aliphatic rings. The van der Waals surface area contributed by atoms with Crippen LogP contribution < -0.4 is 0 Å². The first-order valence-corrected chi connectivity index (χ1v) is 2.56. The molecular formula is C7H8. The van der Waals surface area contributed by atoms with Gasteiger partial charge in [0.1, 0.15) is 0 Å². The molecule has 0 aromatic rings. The first kappa shape index (κ1) is 4.46. The Hall–Kier alpha value is -0.700. The molecule has 0 N–H and O–H groups in total. The van der Waals surface area contributed by atoms with Gasteiger partial charge in [0, 0.05) is 12.0 Å². The lowest BCUT2D eigenvalue weighted by Gasteiger charge is -1.67. The fourth-order valence-corrected chi connectivity index (χ4v) is 0.661. The lowest BCUT2D eigenvalue weighted by atomic mass is 10.4. The Bertz CT molecular complexity index is 144. The maximum absolute atomic E-state index is 5.09. The molecular weight excluding hydrogens is 84.1 g/mol. The predicted molar refractivity (Wildman–Crippen MR) is 30.8 cm³/mol. The zero-order valence-electron chi connectivity index (χ0n) is 4.49. The minimum absolute atomic E-state index is 1.12. The van der Waals surface area contributed by atoms with Gasteiger partial charge in [-0.25, -0.2) is 0 Å². The van der Waals surface area contributed by atoms with Crippen LogP contribution in [0.2, 0.25) is 0 Å². The van der Waals surface area contributed by atoms with E-state index in [2.05, 4.69) is 12.8 Å². The number of hydrogen-bond donors (Lipinski definition) is 0. The van der Waals surface area contributed by atoms with Gasteiger partial charge in [0.2, 0.25) is 0 Å². The molecule has 0 saturated carbocycles. The maximum Gasteiger partial charge on any atom is 0.00540 e. The van der Waals surface area contributed by atoms with E-state index >= 15 is 0 Å². The molecule has 0 aromatic heterocycles. The molecule has 0 spiro atoms. The maximum atomic E-state index is 5.09. The summed E-state index contributed by atoms with van der Waals surface area (Å²) < 4.78 is 0. The molecule has 36 valence electrons. The van der Waals surface area contributed by atoms with Crippen LogP contribution in [0.1, 0.15) is 19.8 Å². The van der Waals surface area contributed by atoms with Crippen molar-refractivity contribution in [3.05, 3.63) is 11.1 Å². The molecule has 7 heavy (non-hydrogen) atoms. The fourth-order valence-electron chi connectivity index (χ4n) is 0.661. The third-order valence-electron chi connectivity index (χ3n) is 1.29. The van der Waals surface area contributed by atoms with Crippen molar-refractivity contribution in [2.75, 3.05) is 0 Å². The summed E-state index contributed by atoms with van der Waals surface area (Å²) in [5.41, 5.74) is 2.71. The van der Waals surface area contributed by atoms with Gasteiger partial charge >= 0.3 is 0 Å². The van der Waals surface area contributed by atoms with E-state index in [1.54, 1.807) is 0 Å². The van der Waals surface area contributed by atoms with E-state index in [1.165, 1.54) is 11.1 Å². The van der Waals surface area contributed by atoms with Crippen LogP contribution in [0.15, 0.2) is 11.1 Å². The highest BCUT2D eigenvalue weighted by molar-refractivity contribution is 5.47. The standard InChI is InChI=1S/C7H8/c1-3-6-5-7(6)4-2/h1H,4-5H2,2H3. The molecule has 0 nitrogen and oxygen atoms in total. The highest BCUT2D eigenvalue weighted by Gasteiger charge is 2.15. The van der Waals surface area contributed by atoms with Gasteiger partial charge in [0.15, 0.2) is 0 Å². The van der Waals surface area contributed by atoms with E-state index in [4.69, 9.17) is 6.42 Å². The van der Waals surface area contributed by atoms with Crippen LogP contribution in [-0.2, 0) is 0 Å². The Morgan fingerprint density at radius 3 is 2.71 bits per heavy atom. The Morgan fingerprint density at radius 2 is 2.57 bits per heavy atom. The minimum Gasteiger partial charge on any atom is -0.115 e. The molecule has 0 fully saturated rings. The highest BCUT2D eigenvalue weighted by atomic mass is 14.2. The third kappa shape index (κ3) is 0.667. The van der Waals surface area contributed by atoms with E-state index in [0.717, 1.165) is 12.8 Å².